The Bertz CT molecular complexity index is 701. The fourth-order valence-corrected chi connectivity index (χ4v) is 8.44. The van der Waals surface area contributed by atoms with Crippen LogP contribution < -0.4 is 27.7 Å². The zero-order chi connectivity index (χ0) is 17.6. The zero-order valence-electron chi connectivity index (χ0n) is 11.1. The summed E-state index contributed by atoms with van der Waals surface area (Å²) in [6.07, 6.45) is 0. The number of nitrogens with two attached hydrogens (primary N) is 3. The number of ether oxygens (including phenoxy) is 1. The highest BCUT2D eigenvalue weighted by molar-refractivity contribution is 14.1. The summed E-state index contributed by atoms with van der Waals surface area (Å²) in [6.45, 7) is 0. The maximum atomic E-state index is 6.22. The van der Waals surface area contributed by atoms with E-state index in [1.54, 1.807) is 0 Å². The van der Waals surface area contributed by atoms with Gasteiger partial charge in [-0.1, -0.05) is 0 Å². The molecule has 0 bridgehead atoms. The Labute approximate surface area is 215 Å². The molecule has 124 valence electrons. The van der Waals surface area contributed by atoms with Gasteiger partial charge < -0.3 is 27.7 Å². The summed E-state index contributed by atoms with van der Waals surface area (Å²) in [5, 5.41) is 0. The van der Waals surface area contributed by atoms with E-state index < -0.39 is 0 Å². The molecule has 0 aliphatic rings. The average molecular weight is 987 g/mol. The summed E-state index contributed by atoms with van der Waals surface area (Å²) < 4.78 is 11.4. The highest BCUT2D eigenvalue weighted by Crippen LogP contribution is 2.46. The second-order valence-corrected chi connectivity index (χ2v) is 10.8. The van der Waals surface area contributed by atoms with Gasteiger partial charge in [0.05, 0.1) is 34.9 Å². The number of anilines is 3. The van der Waals surface area contributed by atoms with E-state index in [1.807, 2.05) is 0 Å². The third-order valence-electron chi connectivity index (χ3n) is 2.95. The van der Waals surface area contributed by atoms with E-state index in [9.17, 15) is 0 Å². The molecular formula is C12H9I6N4O+. The number of nitrogen functional groups attached to an aromatic ring is 3. The van der Waals surface area contributed by atoms with E-state index in [1.165, 1.54) is 0 Å². The molecule has 2 aromatic carbocycles. The normalized spacial score (nSPS) is 10.9. The van der Waals surface area contributed by atoms with Crippen LogP contribution in [0.4, 0.5) is 22.7 Å². The average Bonchev–Trinajstić information content (AvgIpc) is 2.54. The number of benzene rings is 2. The zero-order valence-corrected chi connectivity index (χ0v) is 24.1. The molecule has 0 aromatic heterocycles. The summed E-state index contributed by atoms with van der Waals surface area (Å²) in [4.78, 5) is 0. The van der Waals surface area contributed by atoms with Crippen molar-refractivity contribution in [1.29, 1.82) is 0 Å². The van der Waals surface area contributed by atoms with Crippen molar-refractivity contribution < 1.29 is 10.5 Å². The standard InChI is InChI=1S/C12H8I6N4O/c13-1-7(19)3(15)11(4(16)8(1)20)23-12-5(17)9(21)2(14)10(22)6(12)18/h19-22H2/p+1. The van der Waals surface area contributed by atoms with Crippen LogP contribution in [0, 0.1) is 21.4 Å². The monoisotopic (exact) mass is 987 g/mol. The van der Waals surface area contributed by atoms with E-state index >= 15 is 0 Å². The van der Waals surface area contributed by atoms with Crippen LogP contribution in [0.3, 0.4) is 0 Å². The van der Waals surface area contributed by atoms with E-state index in [-0.39, 0.29) is 0 Å². The largest absolute Gasteiger partial charge is 0.452 e. The lowest BCUT2D eigenvalue weighted by Crippen LogP contribution is -2.42. The summed E-state index contributed by atoms with van der Waals surface area (Å²) in [5.41, 5.74) is 25.3. The van der Waals surface area contributed by atoms with E-state index in [4.69, 9.17) is 21.9 Å². The minimum absolute atomic E-state index is 0.623. The third-order valence-corrected chi connectivity index (χ3v) is 9.70. The van der Waals surface area contributed by atoms with Gasteiger partial charge >= 0.3 is 0 Å². The first kappa shape index (κ1) is 21.3. The number of quaternary nitrogens is 1. The molecule has 2 aromatic rings. The molecule has 2 rings (SSSR count). The molecular weight excluding hydrogens is 978 g/mol. The van der Waals surface area contributed by atoms with Crippen molar-refractivity contribution >= 4 is 158 Å². The van der Waals surface area contributed by atoms with Crippen molar-refractivity contribution in [3.05, 3.63) is 21.4 Å². The molecule has 0 aliphatic carbocycles. The minimum Gasteiger partial charge on any atom is -0.452 e. The Morgan fingerprint density at radius 1 is 0.565 bits per heavy atom. The second kappa shape index (κ2) is 8.33. The van der Waals surface area contributed by atoms with Gasteiger partial charge in [0.1, 0.15) is 3.57 Å². The van der Waals surface area contributed by atoms with Crippen LogP contribution in [-0.4, -0.2) is 0 Å². The topological polar surface area (TPSA) is 115 Å². The quantitative estimate of drug-likeness (QED) is 0.258. The van der Waals surface area contributed by atoms with Gasteiger partial charge in [0.25, 0.3) is 0 Å². The SMILES string of the molecule is Nc1c(I)c(N)c(I)c(Oc2c(I)c(N)c(I)c([NH3+])c2I)c1I. The van der Waals surface area contributed by atoms with Crippen LogP contribution in [0.1, 0.15) is 0 Å². The van der Waals surface area contributed by atoms with Crippen molar-refractivity contribution in [1.82, 2.24) is 0 Å². The Hall–Kier alpha value is 1.98. The predicted molar refractivity (Wildman–Crippen MR) is 145 cm³/mol. The summed E-state index contributed by atoms with van der Waals surface area (Å²) in [6, 6.07) is 0. The number of hydrogen-bond acceptors (Lipinski definition) is 4. The van der Waals surface area contributed by atoms with Gasteiger partial charge in [0.2, 0.25) is 0 Å². The molecule has 0 amide bonds. The predicted octanol–water partition coefficient (Wildman–Crippen LogP) is 4.73. The Morgan fingerprint density at radius 2 is 0.913 bits per heavy atom. The van der Waals surface area contributed by atoms with E-state index in [0.717, 1.165) is 27.1 Å². The molecule has 0 spiro atoms. The fraction of sp³-hybridized carbons (Fsp3) is 0. The Morgan fingerprint density at radius 3 is 1.35 bits per heavy atom. The lowest BCUT2D eigenvalue weighted by atomic mass is 10.2. The van der Waals surface area contributed by atoms with Crippen molar-refractivity contribution in [2.75, 3.05) is 17.2 Å². The van der Waals surface area contributed by atoms with Gasteiger partial charge in [-0.25, -0.2) is 0 Å². The van der Waals surface area contributed by atoms with Gasteiger partial charge in [-0.2, -0.15) is 0 Å². The Kier molecular flexibility index (Phi) is 7.71. The summed E-state index contributed by atoms with van der Waals surface area (Å²) >= 11 is 13.1. The number of hydrogen-bond donors (Lipinski definition) is 4. The molecule has 0 aliphatic heterocycles. The van der Waals surface area contributed by atoms with Gasteiger partial charge in [0, 0.05) is 0 Å². The number of halogens is 6. The molecule has 0 radical (unpaired) electrons. The smallest absolute Gasteiger partial charge is 0.162 e. The first-order valence-corrected chi connectivity index (χ1v) is 12.2. The van der Waals surface area contributed by atoms with Crippen LogP contribution in [-0.2, 0) is 0 Å². The second-order valence-electron chi connectivity index (χ2n) is 4.36. The van der Waals surface area contributed by atoms with Crippen molar-refractivity contribution in [3.8, 4) is 11.5 Å². The first-order valence-electron chi connectivity index (χ1n) is 5.76. The van der Waals surface area contributed by atoms with Crippen LogP contribution >= 0.6 is 136 Å². The van der Waals surface area contributed by atoms with Gasteiger partial charge in [-0.15, -0.1) is 0 Å². The van der Waals surface area contributed by atoms with Crippen LogP contribution in [0.25, 0.3) is 0 Å². The fourth-order valence-electron chi connectivity index (χ4n) is 1.67. The molecule has 5 nitrogen and oxygen atoms in total. The highest BCUT2D eigenvalue weighted by Gasteiger charge is 2.24. The molecule has 9 N–H and O–H groups in total. The molecule has 0 atom stereocenters. The molecule has 23 heavy (non-hydrogen) atoms. The van der Waals surface area contributed by atoms with E-state index in [2.05, 4.69) is 141 Å². The van der Waals surface area contributed by atoms with Crippen LogP contribution in [0.2, 0.25) is 0 Å². The van der Waals surface area contributed by atoms with Gasteiger partial charge in [-0.3, -0.25) is 0 Å². The summed E-state index contributed by atoms with van der Waals surface area (Å²) in [7, 11) is 0. The molecule has 11 heteroatoms. The van der Waals surface area contributed by atoms with Crippen LogP contribution in [0.15, 0.2) is 0 Å². The lowest BCUT2D eigenvalue weighted by molar-refractivity contribution is -0.257. The van der Waals surface area contributed by atoms with Crippen molar-refractivity contribution in [2.45, 2.75) is 0 Å². The van der Waals surface area contributed by atoms with Gasteiger partial charge in [-0.05, 0) is 136 Å². The molecule has 0 saturated carbocycles. The molecule has 0 saturated heterocycles. The molecule has 0 heterocycles. The molecule has 0 unspecified atom stereocenters. The lowest BCUT2D eigenvalue weighted by Gasteiger charge is -2.18. The highest BCUT2D eigenvalue weighted by atomic mass is 127. The maximum absolute atomic E-state index is 6.22. The van der Waals surface area contributed by atoms with Crippen molar-refractivity contribution in [2.24, 2.45) is 0 Å². The summed E-state index contributed by atoms with van der Waals surface area (Å²) in [5.74, 6) is 1.34. The third kappa shape index (κ3) is 3.98. The minimum atomic E-state index is 0.623. The van der Waals surface area contributed by atoms with Crippen LogP contribution in [0.5, 0.6) is 11.5 Å². The van der Waals surface area contributed by atoms with Crippen molar-refractivity contribution in [3.63, 3.8) is 0 Å². The van der Waals surface area contributed by atoms with E-state index in [0.29, 0.717) is 28.6 Å². The first-order chi connectivity index (χ1) is 10.6. The Balaban J connectivity index is 2.71. The molecule has 0 fully saturated rings. The van der Waals surface area contributed by atoms with Gasteiger partial charge in [0.15, 0.2) is 17.2 Å². The number of rotatable bonds is 2. The maximum Gasteiger partial charge on any atom is 0.162 e.